The summed E-state index contributed by atoms with van der Waals surface area (Å²) in [6.07, 6.45) is 0. The van der Waals surface area contributed by atoms with Gasteiger partial charge >= 0.3 is 0 Å². The number of hydrogen-bond acceptors (Lipinski definition) is 7. The van der Waals surface area contributed by atoms with Crippen LogP contribution in [0.3, 0.4) is 0 Å². The van der Waals surface area contributed by atoms with Gasteiger partial charge < -0.3 is 14.2 Å². The highest BCUT2D eigenvalue weighted by Gasteiger charge is 2.24. The Morgan fingerprint density at radius 1 is 0.774 bits per heavy atom. The summed E-state index contributed by atoms with van der Waals surface area (Å²) in [4.78, 5) is -0.188. The Kier molecular flexibility index (Phi) is 8.15. The molecular weight excluding hydrogens is 444 g/mol. The second-order valence-corrected chi connectivity index (χ2v) is 10.3. The zero-order valence-electron chi connectivity index (χ0n) is 18.2. The molecule has 0 fully saturated rings. The van der Waals surface area contributed by atoms with Gasteiger partial charge in [0.15, 0.2) is 11.5 Å². The van der Waals surface area contributed by atoms with Crippen molar-refractivity contribution in [2.24, 2.45) is 0 Å². The molecule has 0 aliphatic heterocycles. The Bertz CT molecular complexity index is 1110. The van der Waals surface area contributed by atoms with Gasteiger partial charge in [0, 0.05) is 20.2 Å². The fourth-order valence-corrected chi connectivity index (χ4v) is 4.77. The van der Waals surface area contributed by atoms with Crippen molar-refractivity contribution in [3.8, 4) is 17.2 Å². The van der Waals surface area contributed by atoms with Crippen LogP contribution in [0.5, 0.6) is 17.2 Å². The van der Waals surface area contributed by atoms with Gasteiger partial charge in [0.25, 0.3) is 10.0 Å². The third-order valence-corrected chi connectivity index (χ3v) is 7.29. The summed E-state index contributed by atoms with van der Waals surface area (Å²) in [5.41, 5.74) is 0.0794. The first-order chi connectivity index (χ1) is 14.6. The minimum Gasteiger partial charge on any atom is -0.492 e. The van der Waals surface area contributed by atoms with E-state index in [2.05, 4.69) is 4.72 Å². The molecule has 0 unspecified atom stereocenters. The lowest BCUT2D eigenvalue weighted by molar-refractivity contribution is 0.287. The molecule has 1 N–H and O–H groups in total. The first kappa shape index (κ1) is 24.8. The summed E-state index contributed by atoms with van der Waals surface area (Å²) in [5, 5.41) is 0. The Balaban J connectivity index is 2.46. The van der Waals surface area contributed by atoms with E-state index < -0.39 is 20.0 Å². The lowest BCUT2D eigenvalue weighted by Gasteiger charge is -2.17. The Hall–Kier alpha value is -2.50. The third kappa shape index (κ3) is 5.81. The van der Waals surface area contributed by atoms with Gasteiger partial charge in [0.05, 0.1) is 30.4 Å². The van der Waals surface area contributed by atoms with E-state index in [1.165, 1.54) is 50.5 Å². The molecule has 0 spiro atoms. The lowest BCUT2D eigenvalue weighted by atomic mass is 10.3. The molecule has 0 saturated heterocycles. The number of rotatable bonds is 11. The third-order valence-electron chi connectivity index (χ3n) is 4.08. The van der Waals surface area contributed by atoms with E-state index in [4.69, 9.17) is 14.2 Å². The summed E-state index contributed by atoms with van der Waals surface area (Å²) < 4.78 is 71.0. The van der Waals surface area contributed by atoms with Gasteiger partial charge in [-0.3, -0.25) is 4.72 Å². The summed E-state index contributed by atoms with van der Waals surface area (Å²) in [7, 11) is -5.12. The predicted octanol–water partition coefficient (Wildman–Crippen LogP) is 2.93. The summed E-state index contributed by atoms with van der Waals surface area (Å²) in [6, 6.07) is 8.36. The minimum absolute atomic E-state index is 0.0506. The molecule has 2 aromatic rings. The molecule has 2 rings (SSSR count). The number of sulfonamides is 2. The van der Waals surface area contributed by atoms with Gasteiger partial charge in [0.2, 0.25) is 10.0 Å². The van der Waals surface area contributed by atoms with Crippen LogP contribution in [0.2, 0.25) is 0 Å². The second kappa shape index (κ2) is 10.2. The number of hydrogen-bond donors (Lipinski definition) is 1. The fraction of sp³-hybridized carbons (Fsp3) is 0.400. The first-order valence-corrected chi connectivity index (χ1v) is 12.6. The van der Waals surface area contributed by atoms with E-state index in [9.17, 15) is 16.8 Å². The van der Waals surface area contributed by atoms with Gasteiger partial charge in [-0.2, -0.15) is 0 Å². The van der Waals surface area contributed by atoms with E-state index in [0.717, 1.165) is 4.31 Å². The average molecular weight is 473 g/mol. The van der Waals surface area contributed by atoms with Crippen LogP contribution in [0.25, 0.3) is 0 Å². The van der Waals surface area contributed by atoms with Gasteiger partial charge in [0.1, 0.15) is 10.6 Å². The van der Waals surface area contributed by atoms with E-state index in [0.29, 0.717) is 24.7 Å². The Morgan fingerprint density at radius 2 is 1.32 bits per heavy atom. The van der Waals surface area contributed by atoms with Crippen molar-refractivity contribution in [2.45, 2.75) is 30.6 Å². The molecule has 0 aliphatic rings. The molecule has 31 heavy (non-hydrogen) atoms. The number of nitrogens with zero attached hydrogens (tertiary/aromatic N) is 1. The van der Waals surface area contributed by atoms with Crippen LogP contribution < -0.4 is 18.9 Å². The smallest absolute Gasteiger partial charge is 0.262 e. The highest BCUT2D eigenvalue weighted by atomic mass is 32.2. The average Bonchev–Trinajstić information content (AvgIpc) is 2.70. The van der Waals surface area contributed by atoms with E-state index in [1.807, 2.05) is 6.92 Å². The summed E-state index contributed by atoms with van der Waals surface area (Å²) >= 11 is 0. The first-order valence-electron chi connectivity index (χ1n) is 9.68. The minimum atomic E-state index is -4.03. The summed E-state index contributed by atoms with van der Waals surface area (Å²) in [6.45, 7) is 6.31. The zero-order chi connectivity index (χ0) is 23.2. The second-order valence-electron chi connectivity index (χ2n) is 6.46. The number of benzene rings is 2. The highest BCUT2D eigenvalue weighted by molar-refractivity contribution is 7.92. The van der Waals surface area contributed by atoms with Gasteiger partial charge in [-0.15, -0.1) is 0 Å². The van der Waals surface area contributed by atoms with E-state index in [1.54, 1.807) is 13.8 Å². The van der Waals surface area contributed by atoms with Crippen molar-refractivity contribution < 1.29 is 31.0 Å². The largest absolute Gasteiger partial charge is 0.492 e. The maximum Gasteiger partial charge on any atom is 0.262 e. The van der Waals surface area contributed by atoms with Crippen LogP contribution in [0.4, 0.5) is 5.69 Å². The van der Waals surface area contributed by atoms with Gasteiger partial charge in [-0.25, -0.2) is 21.1 Å². The molecule has 0 radical (unpaired) electrons. The van der Waals surface area contributed by atoms with Gasteiger partial charge in [-0.05, 0) is 51.1 Å². The normalized spacial score (nSPS) is 11.9. The monoisotopic (exact) mass is 472 g/mol. The summed E-state index contributed by atoms with van der Waals surface area (Å²) in [5.74, 6) is 0.873. The van der Waals surface area contributed by atoms with Crippen LogP contribution in [0.15, 0.2) is 46.2 Å². The molecular formula is C20H28N2O7S2. The van der Waals surface area contributed by atoms with Crippen molar-refractivity contribution in [3.05, 3.63) is 36.4 Å². The van der Waals surface area contributed by atoms with E-state index in [-0.39, 0.29) is 27.8 Å². The predicted molar refractivity (Wildman–Crippen MR) is 118 cm³/mol. The zero-order valence-corrected chi connectivity index (χ0v) is 19.8. The van der Waals surface area contributed by atoms with Crippen molar-refractivity contribution in [1.82, 2.24) is 4.31 Å². The molecule has 0 atom stereocenters. The molecule has 9 nitrogen and oxygen atoms in total. The molecule has 2 aromatic carbocycles. The maximum atomic E-state index is 12.9. The van der Waals surface area contributed by atoms with Crippen LogP contribution >= 0.6 is 0 Å². The molecule has 0 bridgehead atoms. The SMILES string of the molecule is CCOc1ccc(S(=O)(=O)Nc2ccc(OCC)c(S(=O)(=O)N(C)C)c2)cc1OCC. The van der Waals surface area contributed by atoms with Crippen molar-refractivity contribution in [2.75, 3.05) is 38.6 Å². The maximum absolute atomic E-state index is 12.9. The number of anilines is 1. The highest BCUT2D eigenvalue weighted by Crippen LogP contribution is 2.33. The molecule has 0 heterocycles. The van der Waals surface area contributed by atoms with Crippen molar-refractivity contribution in [1.29, 1.82) is 0 Å². The van der Waals surface area contributed by atoms with Crippen LogP contribution in [-0.2, 0) is 20.0 Å². The molecule has 0 aromatic heterocycles. The van der Waals surface area contributed by atoms with Crippen molar-refractivity contribution in [3.63, 3.8) is 0 Å². The number of ether oxygens (including phenoxy) is 3. The van der Waals surface area contributed by atoms with E-state index >= 15 is 0 Å². The number of nitrogens with one attached hydrogen (secondary N) is 1. The molecule has 172 valence electrons. The molecule has 0 aliphatic carbocycles. The van der Waals surface area contributed by atoms with Crippen LogP contribution in [0.1, 0.15) is 20.8 Å². The quantitative estimate of drug-likeness (QED) is 0.535. The van der Waals surface area contributed by atoms with Crippen LogP contribution in [-0.4, -0.2) is 55.1 Å². The lowest BCUT2D eigenvalue weighted by Crippen LogP contribution is -2.23. The fourth-order valence-electron chi connectivity index (χ4n) is 2.66. The molecule has 11 heteroatoms. The van der Waals surface area contributed by atoms with Crippen molar-refractivity contribution >= 4 is 25.7 Å². The molecule has 0 amide bonds. The Labute approximate surface area is 184 Å². The van der Waals surface area contributed by atoms with Gasteiger partial charge in [-0.1, -0.05) is 0 Å². The Morgan fingerprint density at radius 3 is 1.90 bits per heavy atom. The standard InChI is InChI=1S/C20H28N2O7S2/c1-6-27-17-12-10-16(14-19(17)29-8-3)30(23,24)21-15-9-11-18(28-7-2)20(13-15)31(25,26)22(4)5/h9-14,21H,6-8H2,1-5H3. The van der Waals surface area contributed by atoms with Crippen LogP contribution in [0, 0.1) is 0 Å². The molecule has 0 saturated carbocycles. The topological polar surface area (TPSA) is 111 Å².